The zero-order valence-electron chi connectivity index (χ0n) is 29.7. The molecule has 0 saturated carbocycles. The molecule has 0 spiro atoms. The van der Waals surface area contributed by atoms with E-state index in [2.05, 4.69) is 12.1 Å². The molecule has 0 atom stereocenters. The van der Waals surface area contributed by atoms with Crippen molar-refractivity contribution in [2.45, 2.75) is 17.8 Å². The number of alkyl halides is 6. The topological polar surface area (TPSA) is 86.8 Å². The van der Waals surface area contributed by atoms with Crippen LogP contribution in [0.3, 0.4) is 0 Å². The zero-order valence-corrected chi connectivity index (χ0v) is 29.7. The van der Waals surface area contributed by atoms with Gasteiger partial charge in [0.1, 0.15) is 0 Å². The molecule has 0 aromatic heterocycles. The van der Waals surface area contributed by atoms with E-state index >= 15 is 26.3 Å². The van der Waals surface area contributed by atoms with Gasteiger partial charge in [-0.05, 0) is 106 Å². The minimum Gasteiger partial charge on any atom is -0.310 e. The maximum atomic E-state index is 15.1. The minimum absolute atomic E-state index is 0.0284. The summed E-state index contributed by atoms with van der Waals surface area (Å²) in [5.41, 5.74) is -7.43. The van der Waals surface area contributed by atoms with E-state index in [1.807, 2.05) is 83.0 Å². The quantitative estimate of drug-likeness (QED) is 0.103. The third-order valence-electron chi connectivity index (χ3n) is 10.7. The number of carbonyl (C=O) groups is 4. The molecule has 2 aliphatic heterocycles. The highest BCUT2D eigenvalue weighted by atomic mass is 19.4. The molecule has 7 aromatic rings. The Morgan fingerprint density at radius 3 is 1.66 bits per heavy atom. The third kappa shape index (κ3) is 5.37. The van der Waals surface area contributed by atoms with Crippen LogP contribution in [0.5, 0.6) is 0 Å². The summed E-state index contributed by atoms with van der Waals surface area (Å²) in [4.78, 5) is 54.7. The van der Waals surface area contributed by atoms with Crippen molar-refractivity contribution < 1.29 is 45.5 Å². The molecule has 0 fully saturated rings. The molecule has 7 nitrogen and oxygen atoms in total. The van der Waals surface area contributed by atoms with E-state index in [4.69, 9.17) is 0 Å². The van der Waals surface area contributed by atoms with E-state index in [9.17, 15) is 19.2 Å². The van der Waals surface area contributed by atoms with Crippen LogP contribution in [0.25, 0.3) is 21.5 Å². The van der Waals surface area contributed by atoms with E-state index < -0.39 is 69.2 Å². The number of hydrogen-bond acceptors (Lipinski definition) is 5. The fourth-order valence-corrected chi connectivity index (χ4v) is 7.99. The fourth-order valence-electron chi connectivity index (χ4n) is 7.99. The van der Waals surface area contributed by atoms with Gasteiger partial charge in [0.25, 0.3) is 23.6 Å². The molecule has 1 N–H and O–H groups in total. The second kappa shape index (κ2) is 12.9. The van der Waals surface area contributed by atoms with E-state index in [1.54, 1.807) is 12.1 Å². The fraction of sp³-hybridized carbons (Fsp3) is 0.0667. The van der Waals surface area contributed by atoms with Crippen LogP contribution in [0.4, 0.5) is 49.1 Å². The molecule has 0 radical (unpaired) electrons. The van der Waals surface area contributed by atoms with Crippen LogP contribution in [0.15, 0.2) is 146 Å². The van der Waals surface area contributed by atoms with Crippen LogP contribution in [0, 0.1) is 0 Å². The van der Waals surface area contributed by atoms with Crippen LogP contribution >= 0.6 is 0 Å². The highest BCUT2D eigenvalue weighted by Gasteiger charge is 2.73. The lowest BCUT2D eigenvalue weighted by atomic mass is 9.71. The molecule has 13 heteroatoms. The number of rotatable bonds is 6. The molecule has 0 unspecified atom stereocenters. The predicted octanol–water partition coefficient (Wildman–Crippen LogP) is 10.6. The number of nitrogens with zero attached hydrogens (tertiary/aromatic N) is 2. The molecule has 0 aliphatic carbocycles. The van der Waals surface area contributed by atoms with Gasteiger partial charge in [-0.3, -0.25) is 24.5 Å². The summed E-state index contributed by atoms with van der Waals surface area (Å²) in [7, 11) is 0. The van der Waals surface area contributed by atoms with Gasteiger partial charge in [-0.1, -0.05) is 66.7 Å². The van der Waals surface area contributed by atoms with E-state index in [0.29, 0.717) is 40.9 Å². The summed E-state index contributed by atoms with van der Waals surface area (Å²) in [6, 6.07) is 37.0. The number of amides is 4. The van der Waals surface area contributed by atoms with Crippen molar-refractivity contribution in [1.82, 2.24) is 5.32 Å². The molecule has 286 valence electrons. The van der Waals surface area contributed by atoms with Gasteiger partial charge in [-0.25, -0.2) is 4.90 Å². The smallest absolute Gasteiger partial charge is 0.310 e. The van der Waals surface area contributed by atoms with Crippen LogP contribution in [0.2, 0.25) is 0 Å². The Bertz CT molecular complexity index is 2880. The number of fused-ring (bicyclic) bond motifs is 4. The first-order valence-electron chi connectivity index (χ1n) is 17.7. The lowest BCUT2D eigenvalue weighted by molar-refractivity contribution is -0.288. The van der Waals surface area contributed by atoms with Crippen molar-refractivity contribution in [3.8, 4) is 0 Å². The largest absolute Gasteiger partial charge is 0.411 e. The summed E-state index contributed by atoms with van der Waals surface area (Å²) in [6.07, 6.45) is -12.1. The second-order valence-corrected chi connectivity index (χ2v) is 13.9. The van der Waals surface area contributed by atoms with Gasteiger partial charge in [0.15, 0.2) is 0 Å². The first kappa shape index (κ1) is 36.4. The molecule has 0 bridgehead atoms. The van der Waals surface area contributed by atoms with Crippen molar-refractivity contribution >= 4 is 67.9 Å². The van der Waals surface area contributed by atoms with Crippen LogP contribution < -0.4 is 15.1 Å². The number of imide groups is 2. The normalized spacial score (nSPS) is 14.3. The Kier molecular flexibility index (Phi) is 8.08. The van der Waals surface area contributed by atoms with Crippen LogP contribution in [0.1, 0.15) is 52.6 Å². The highest BCUT2D eigenvalue weighted by molar-refractivity contribution is 6.34. The number of benzene rings is 7. The SMILES string of the molecule is O=C1NC(=O)c2cc(C(c3ccc4c(c3)C(=O)N(c3ccc(N(c5ccccc5)c5cccc6cc7ccccc7cc56)cc3)C4=O)(C(F)(F)F)C(F)(F)F)ccc21. The first-order valence-corrected chi connectivity index (χ1v) is 17.7. The number of halogens is 6. The number of anilines is 4. The molecule has 2 heterocycles. The summed E-state index contributed by atoms with van der Waals surface area (Å²) >= 11 is 0. The summed E-state index contributed by atoms with van der Waals surface area (Å²) in [5.74, 6) is -4.21. The number of para-hydroxylation sites is 1. The monoisotopic (exact) mass is 785 g/mol. The second-order valence-electron chi connectivity index (χ2n) is 13.9. The van der Waals surface area contributed by atoms with Crippen molar-refractivity contribution in [1.29, 1.82) is 0 Å². The maximum absolute atomic E-state index is 15.1. The lowest BCUT2D eigenvalue weighted by Gasteiger charge is -2.38. The molecule has 7 aromatic carbocycles. The minimum atomic E-state index is -6.07. The Morgan fingerprint density at radius 2 is 1.00 bits per heavy atom. The summed E-state index contributed by atoms with van der Waals surface area (Å²) in [5, 5.41) is 5.86. The van der Waals surface area contributed by atoms with Crippen molar-refractivity contribution in [2.75, 3.05) is 9.80 Å². The lowest BCUT2D eigenvalue weighted by Crippen LogP contribution is -2.55. The third-order valence-corrected chi connectivity index (χ3v) is 10.7. The molecule has 4 amide bonds. The molecule has 9 rings (SSSR count). The molecule has 2 aliphatic rings. The van der Waals surface area contributed by atoms with Gasteiger partial charge in [0.2, 0.25) is 5.41 Å². The van der Waals surface area contributed by atoms with E-state index in [0.717, 1.165) is 39.0 Å². The highest BCUT2D eigenvalue weighted by Crippen LogP contribution is 2.57. The van der Waals surface area contributed by atoms with E-state index in [1.165, 1.54) is 12.1 Å². The number of hydrogen-bond donors (Lipinski definition) is 1. The standard InChI is InChI=1S/C45H25F6N3O4/c46-44(47,48)43(45(49,50)51,28-13-19-33-36(23-28)40(56)52-39(33)55)29-14-20-34-37(24-29)42(58)54(41(34)57)32-17-15-31(16-18-32)53(30-10-2-1-3-11-30)38-12-6-9-27-21-25-7-4-5-8-26(25)22-35(27)38/h1-24H,(H,52,55,56). The Morgan fingerprint density at radius 1 is 0.466 bits per heavy atom. The number of nitrogens with one attached hydrogen (secondary N) is 1. The van der Waals surface area contributed by atoms with Gasteiger partial charge in [0.05, 0.1) is 33.6 Å². The average molecular weight is 786 g/mol. The van der Waals surface area contributed by atoms with Crippen molar-refractivity contribution in [3.05, 3.63) is 179 Å². The van der Waals surface area contributed by atoms with Crippen molar-refractivity contribution in [2.24, 2.45) is 0 Å². The van der Waals surface area contributed by atoms with Gasteiger partial charge >= 0.3 is 12.4 Å². The zero-order chi connectivity index (χ0) is 40.7. The van der Waals surface area contributed by atoms with Gasteiger partial charge in [-0.15, -0.1) is 0 Å². The van der Waals surface area contributed by atoms with Crippen LogP contribution in [-0.2, 0) is 5.41 Å². The van der Waals surface area contributed by atoms with E-state index in [-0.39, 0.29) is 11.3 Å². The molecular formula is C45H25F6N3O4. The molecule has 0 saturated heterocycles. The summed E-state index contributed by atoms with van der Waals surface area (Å²) in [6.45, 7) is 0. The summed E-state index contributed by atoms with van der Waals surface area (Å²) < 4.78 is 90.5. The van der Waals surface area contributed by atoms with Crippen LogP contribution in [-0.4, -0.2) is 36.0 Å². The Hall–Kier alpha value is -7.28. The number of carbonyl (C=O) groups excluding carboxylic acids is 4. The Balaban J connectivity index is 1.11. The first-order chi connectivity index (χ1) is 27.7. The Labute approximate surface area is 324 Å². The molecular weight excluding hydrogens is 761 g/mol. The average Bonchev–Trinajstić information content (AvgIpc) is 3.62. The maximum Gasteiger partial charge on any atom is 0.411 e. The molecule has 58 heavy (non-hydrogen) atoms. The van der Waals surface area contributed by atoms with Gasteiger partial charge in [0, 0.05) is 16.8 Å². The predicted molar refractivity (Wildman–Crippen MR) is 205 cm³/mol. The van der Waals surface area contributed by atoms with Gasteiger partial charge < -0.3 is 4.90 Å². The van der Waals surface area contributed by atoms with Gasteiger partial charge in [-0.2, -0.15) is 26.3 Å². The van der Waals surface area contributed by atoms with Crippen molar-refractivity contribution in [3.63, 3.8) is 0 Å².